The summed E-state index contributed by atoms with van der Waals surface area (Å²) in [5, 5.41) is 16.3. The van der Waals surface area contributed by atoms with Gasteiger partial charge in [-0.25, -0.2) is 4.98 Å². The Morgan fingerprint density at radius 3 is 2.90 bits per heavy atom. The Kier molecular flexibility index (Phi) is 4.20. The highest BCUT2D eigenvalue weighted by Crippen LogP contribution is 2.20. The Hall–Kier alpha value is -2.55. The van der Waals surface area contributed by atoms with Gasteiger partial charge in [-0.2, -0.15) is 0 Å². The second-order valence-electron chi connectivity index (χ2n) is 3.74. The van der Waals surface area contributed by atoms with E-state index in [9.17, 15) is 14.9 Å². The number of nitrogens with one attached hydrogen (secondary N) is 2. The summed E-state index contributed by atoms with van der Waals surface area (Å²) in [6, 6.07) is 1.35. The Bertz CT molecular complexity index is 629. The van der Waals surface area contributed by atoms with Crippen LogP contribution in [-0.2, 0) is 6.54 Å². The lowest BCUT2D eigenvalue weighted by molar-refractivity contribution is -0.385. The summed E-state index contributed by atoms with van der Waals surface area (Å²) in [6.45, 7) is 0.276. The number of carbonyl (C=O) groups is 1. The maximum atomic E-state index is 12.0. The summed E-state index contributed by atoms with van der Waals surface area (Å²) in [7, 11) is 1.62. The van der Waals surface area contributed by atoms with Gasteiger partial charge < -0.3 is 10.6 Å². The van der Waals surface area contributed by atoms with Crippen LogP contribution in [0, 0.1) is 10.1 Å². The van der Waals surface area contributed by atoms with Crippen molar-refractivity contribution in [2.75, 3.05) is 12.4 Å². The van der Waals surface area contributed by atoms with Crippen LogP contribution in [0.4, 0.5) is 11.5 Å². The van der Waals surface area contributed by atoms with E-state index in [1.54, 1.807) is 18.8 Å². The van der Waals surface area contributed by atoms with Gasteiger partial charge in [0.25, 0.3) is 11.6 Å². The van der Waals surface area contributed by atoms with Crippen LogP contribution in [0.1, 0.15) is 15.2 Å². The maximum absolute atomic E-state index is 12.0. The lowest BCUT2D eigenvalue weighted by Crippen LogP contribution is -2.23. The van der Waals surface area contributed by atoms with Gasteiger partial charge >= 0.3 is 0 Å². The Morgan fingerprint density at radius 1 is 1.50 bits per heavy atom. The first-order chi connectivity index (χ1) is 9.61. The highest BCUT2D eigenvalue weighted by atomic mass is 32.1. The molecule has 20 heavy (non-hydrogen) atoms. The number of hydrogen-bond donors (Lipinski definition) is 2. The highest BCUT2D eigenvalue weighted by molar-refractivity contribution is 7.09. The minimum absolute atomic E-state index is 0.0288. The molecule has 0 bridgehead atoms. The second kappa shape index (κ2) is 6.06. The molecule has 0 aliphatic heterocycles. The molecule has 2 heterocycles. The number of nitrogens with zero attached hydrogens (tertiary/aromatic N) is 3. The van der Waals surface area contributed by atoms with E-state index in [-0.39, 0.29) is 17.8 Å². The molecule has 0 radical (unpaired) electrons. The lowest BCUT2D eigenvalue weighted by Gasteiger charge is -2.06. The van der Waals surface area contributed by atoms with Gasteiger partial charge in [0.1, 0.15) is 17.6 Å². The molecule has 0 spiro atoms. The summed E-state index contributed by atoms with van der Waals surface area (Å²) >= 11 is 1.39. The molecule has 1 amide bonds. The van der Waals surface area contributed by atoms with Gasteiger partial charge in [0.05, 0.1) is 17.0 Å². The first kappa shape index (κ1) is 13.9. The number of carbonyl (C=O) groups excluding carboxylic acids is 1. The van der Waals surface area contributed by atoms with Gasteiger partial charge in [-0.1, -0.05) is 0 Å². The quantitative estimate of drug-likeness (QED) is 0.637. The largest absolute Gasteiger partial charge is 0.373 e. The summed E-state index contributed by atoms with van der Waals surface area (Å²) in [4.78, 5) is 30.9. The van der Waals surface area contributed by atoms with Gasteiger partial charge in [-0.05, 0) is 0 Å². The molecule has 0 aromatic carbocycles. The zero-order valence-electron chi connectivity index (χ0n) is 10.5. The predicted molar refractivity (Wildman–Crippen MR) is 73.7 cm³/mol. The molecule has 9 heteroatoms. The lowest BCUT2D eigenvalue weighted by atomic mass is 10.2. The molecule has 2 aromatic heterocycles. The third-order valence-electron chi connectivity index (χ3n) is 2.49. The Morgan fingerprint density at radius 2 is 2.30 bits per heavy atom. The van der Waals surface area contributed by atoms with Crippen molar-refractivity contribution in [1.82, 2.24) is 15.3 Å². The zero-order valence-corrected chi connectivity index (χ0v) is 11.3. The van der Waals surface area contributed by atoms with Gasteiger partial charge in [0.15, 0.2) is 0 Å². The summed E-state index contributed by atoms with van der Waals surface area (Å²) < 4.78 is 0. The number of aromatic nitrogens is 2. The van der Waals surface area contributed by atoms with Crippen LogP contribution in [0.3, 0.4) is 0 Å². The first-order valence-electron chi connectivity index (χ1n) is 5.59. The van der Waals surface area contributed by atoms with Crippen LogP contribution < -0.4 is 10.6 Å². The SMILES string of the molecule is CNc1cc(C(=O)NCc2cncs2)c([N+](=O)[O-])cn1. The fraction of sp³-hybridized carbons (Fsp3) is 0.182. The summed E-state index contributed by atoms with van der Waals surface area (Å²) in [5.41, 5.74) is 1.29. The molecule has 0 unspecified atom stereocenters. The van der Waals surface area contributed by atoms with E-state index >= 15 is 0 Å². The van der Waals surface area contributed by atoms with Crippen molar-refractivity contribution in [2.45, 2.75) is 6.54 Å². The van der Waals surface area contributed by atoms with E-state index in [1.165, 1.54) is 17.4 Å². The minimum atomic E-state index is -0.631. The monoisotopic (exact) mass is 293 g/mol. The molecule has 0 aliphatic rings. The van der Waals surface area contributed by atoms with Crippen LogP contribution in [-0.4, -0.2) is 27.8 Å². The van der Waals surface area contributed by atoms with Gasteiger partial charge in [-0.15, -0.1) is 11.3 Å². The van der Waals surface area contributed by atoms with Crippen LogP contribution in [0.5, 0.6) is 0 Å². The van der Waals surface area contributed by atoms with Crippen molar-refractivity contribution in [3.63, 3.8) is 0 Å². The smallest absolute Gasteiger partial charge is 0.300 e. The van der Waals surface area contributed by atoms with Gasteiger partial charge in [-0.3, -0.25) is 19.9 Å². The van der Waals surface area contributed by atoms with Crippen molar-refractivity contribution in [2.24, 2.45) is 0 Å². The van der Waals surface area contributed by atoms with Crippen molar-refractivity contribution < 1.29 is 9.72 Å². The number of rotatable bonds is 5. The van der Waals surface area contributed by atoms with E-state index in [2.05, 4.69) is 20.6 Å². The molecule has 0 aliphatic carbocycles. The third-order valence-corrected chi connectivity index (χ3v) is 3.27. The second-order valence-corrected chi connectivity index (χ2v) is 4.72. The summed E-state index contributed by atoms with van der Waals surface area (Å²) in [5.74, 6) is -0.137. The number of pyridine rings is 1. The number of amides is 1. The Labute approximate surface area is 118 Å². The first-order valence-corrected chi connectivity index (χ1v) is 6.47. The molecule has 0 saturated heterocycles. The number of anilines is 1. The van der Waals surface area contributed by atoms with E-state index < -0.39 is 10.8 Å². The average Bonchev–Trinajstić information content (AvgIpc) is 2.97. The van der Waals surface area contributed by atoms with E-state index in [4.69, 9.17) is 0 Å². The van der Waals surface area contributed by atoms with Crippen LogP contribution >= 0.6 is 11.3 Å². The molecule has 0 fully saturated rings. The van der Waals surface area contributed by atoms with Crippen molar-refractivity contribution in [3.05, 3.63) is 44.5 Å². The van der Waals surface area contributed by atoms with E-state index in [0.717, 1.165) is 11.1 Å². The van der Waals surface area contributed by atoms with E-state index in [0.29, 0.717) is 5.82 Å². The zero-order chi connectivity index (χ0) is 14.5. The molecule has 2 rings (SSSR count). The van der Waals surface area contributed by atoms with Gasteiger partial charge in [0, 0.05) is 24.2 Å². The fourth-order valence-electron chi connectivity index (χ4n) is 1.50. The van der Waals surface area contributed by atoms with E-state index in [1.807, 2.05) is 0 Å². The molecule has 0 atom stereocenters. The molecule has 8 nitrogen and oxygen atoms in total. The van der Waals surface area contributed by atoms with Crippen LogP contribution in [0.15, 0.2) is 24.0 Å². The van der Waals surface area contributed by atoms with Gasteiger partial charge in [0.2, 0.25) is 0 Å². The molecule has 2 N–H and O–H groups in total. The number of nitro groups is 1. The van der Waals surface area contributed by atoms with Crippen molar-refractivity contribution >= 4 is 28.7 Å². The molecule has 104 valence electrons. The molecule has 2 aromatic rings. The number of hydrogen-bond acceptors (Lipinski definition) is 7. The standard InChI is InChI=1S/C11H11N5O3S/c1-12-10-2-8(9(5-14-10)16(18)19)11(17)15-4-7-3-13-6-20-7/h2-3,5-6H,4H2,1H3,(H,12,14)(H,15,17). The fourth-order valence-corrected chi connectivity index (χ4v) is 2.04. The maximum Gasteiger partial charge on any atom is 0.300 e. The number of thiazole rings is 1. The third kappa shape index (κ3) is 3.06. The molecule has 0 saturated carbocycles. The average molecular weight is 293 g/mol. The topological polar surface area (TPSA) is 110 Å². The van der Waals surface area contributed by atoms with Crippen LogP contribution in [0.25, 0.3) is 0 Å². The Balaban J connectivity index is 2.20. The molecular weight excluding hydrogens is 282 g/mol. The van der Waals surface area contributed by atoms with Crippen molar-refractivity contribution in [1.29, 1.82) is 0 Å². The highest BCUT2D eigenvalue weighted by Gasteiger charge is 2.21. The van der Waals surface area contributed by atoms with Crippen molar-refractivity contribution in [3.8, 4) is 0 Å². The predicted octanol–water partition coefficient (Wildman–Crippen LogP) is 1.42. The summed E-state index contributed by atoms with van der Waals surface area (Å²) in [6.07, 6.45) is 2.69. The minimum Gasteiger partial charge on any atom is -0.373 e. The van der Waals surface area contributed by atoms with Crippen LogP contribution in [0.2, 0.25) is 0 Å². The normalized spacial score (nSPS) is 10.1. The molecular formula is C11H11N5O3S.